The first kappa shape index (κ1) is 27.3. The number of aliphatic imine (C=N–C) groups is 1. The molecule has 3 rings (SSSR count). The normalized spacial score (nSPS) is 22.4. The van der Waals surface area contributed by atoms with Crippen molar-refractivity contribution in [2.45, 2.75) is 45.7 Å². The predicted molar refractivity (Wildman–Crippen MR) is 143 cm³/mol. The van der Waals surface area contributed by atoms with E-state index in [1.165, 1.54) is 29.3 Å². The summed E-state index contributed by atoms with van der Waals surface area (Å²) >= 11 is 0. The molecule has 7 nitrogen and oxygen atoms in total. The average molecular weight is 578 g/mol. The molecule has 1 aromatic rings. The van der Waals surface area contributed by atoms with Crippen molar-refractivity contribution in [1.82, 2.24) is 19.4 Å². The zero-order chi connectivity index (χ0) is 22.3. The summed E-state index contributed by atoms with van der Waals surface area (Å²) in [5.74, 6) is 1.55. The third kappa shape index (κ3) is 7.04. The molecule has 0 amide bonds. The molecule has 0 aliphatic carbocycles. The van der Waals surface area contributed by atoms with Crippen molar-refractivity contribution in [3.63, 3.8) is 0 Å². The summed E-state index contributed by atoms with van der Waals surface area (Å²) < 4.78 is 26.4. The van der Waals surface area contributed by atoms with Gasteiger partial charge in [-0.25, -0.2) is 12.7 Å². The largest absolute Gasteiger partial charge is 0.355 e. The maximum atomic E-state index is 12.4. The molecule has 9 heteroatoms. The molecule has 2 fully saturated rings. The molecule has 0 saturated carbocycles. The van der Waals surface area contributed by atoms with Crippen LogP contribution in [0.4, 0.5) is 0 Å². The van der Waals surface area contributed by atoms with Gasteiger partial charge in [-0.1, -0.05) is 44.2 Å². The van der Waals surface area contributed by atoms with Gasteiger partial charge in [0.25, 0.3) is 0 Å². The average Bonchev–Trinajstić information content (AvgIpc) is 2.78. The number of nitrogens with one attached hydrogen (secondary N) is 1. The Balaban J connectivity index is 0.00000363. The van der Waals surface area contributed by atoms with E-state index in [9.17, 15) is 8.42 Å². The van der Waals surface area contributed by atoms with Crippen LogP contribution in [-0.4, -0.2) is 86.6 Å². The van der Waals surface area contributed by atoms with E-state index in [0.717, 1.165) is 32.0 Å². The van der Waals surface area contributed by atoms with Crippen molar-refractivity contribution in [3.05, 3.63) is 35.9 Å². The molecule has 2 heterocycles. The lowest BCUT2D eigenvalue weighted by molar-refractivity contribution is 0.0373. The van der Waals surface area contributed by atoms with Gasteiger partial charge in [0, 0.05) is 52.4 Å². The summed E-state index contributed by atoms with van der Waals surface area (Å²) in [6, 6.07) is 11.4. The summed E-state index contributed by atoms with van der Waals surface area (Å²) in [5, 5.41) is 3.30. The lowest BCUT2D eigenvalue weighted by Gasteiger charge is -2.48. The van der Waals surface area contributed by atoms with Gasteiger partial charge in [0.05, 0.1) is 5.75 Å². The highest BCUT2D eigenvalue weighted by molar-refractivity contribution is 14.0. The molecule has 0 radical (unpaired) electrons. The van der Waals surface area contributed by atoms with E-state index in [-0.39, 0.29) is 29.7 Å². The van der Waals surface area contributed by atoms with E-state index in [1.807, 2.05) is 13.8 Å². The Morgan fingerprint density at radius 3 is 2.53 bits per heavy atom. The van der Waals surface area contributed by atoms with E-state index in [1.54, 1.807) is 7.05 Å². The van der Waals surface area contributed by atoms with Crippen LogP contribution in [-0.2, 0) is 16.6 Å². The Kier molecular flexibility index (Phi) is 11.2. The van der Waals surface area contributed by atoms with Crippen molar-refractivity contribution in [3.8, 4) is 0 Å². The summed E-state index contributed by atoms with van der Waals surface area (Å²) in [4.78, 5) is 9.43. The van der Waals surface area contributed by atoms with E-state index in [0.29, 0.717) is 31.6 Å². The molecule has 0 aromatic heterocycles. The Hall–Kier alpha value is -0.910. The molecule has 1 N–H and O–H groups in total. The quantitative estimate of drug-likeness (QED) is 0.293. The molecule has 2 aliphatic rings. The van der Waals surface area contributed by atoms with Gasteiger partial charge in [-0.2, -0.15) is 0 Å². The van der Waals surface area contributed by atoms with Crippen LogP contribution in [0.1, 0.15) is 38.7 Å². The smallest absolute Gasteiger partial charge is 0.215 e. The Bertz CT molecular complexity index is 817. The lowest BCUT2D eigenvalue weighted by atomic mass is 9.83. The van der Waals surface area contributed by atoms with Gasteiger partial charge < -0.3 is 10.2 Å². The predicted octanol–water partition coefficient (Wildman–Crippen LogP) is 2.84. The fourth-order valence-corrected chi connectivity index (χ4v) is 6.49. The van der Waals surface area contributed by atoms with Gasteiger partial charge in [-0.3, -0.25) is 9.89 Å². The highest BCUT2D eigenvalue weighted by Gasteiger charge is 2.36. The number of hydrogen-bond donors (Lipinski definition) is 1. The molecule has 2 unspecified atom stereocenters. The highest BCUT2D eigenvalue weighted by Crippen LogP contribution is 2.31. The van der Waals surface area contributed by atoms with Crippen molar-refractivity contribution in [2.24, 2.45) is 10.9 Å². The second-order valence-corrected chi connectivity index (χ2v) is 10.6. The minimum absolute atomic E-state index is 0. The summed E-state index contributed by atoms with van der Waals surface area (Å²) in [7, 11) is -1.43. The van der Waals surface area contributed by atoms with Crippen molar-refractivity contribution in [1.29, 1.82) is 0 Å². The van der Waals surface area contributed by atoms with E-state index in [2.05, 4.69) is 50.4 Å². The second-order valence-electron chi connectivity index (χ2n) is 8.53. The minimum atomic E-state index is -3.22. The Morgan fingerprint density at radius 1 is 1.16 bits per heavy atom. The maximum absolute atomic E-state index is 12.4. The zero-order valence-electron chi connectivity index (χ0n) is 19.7. The summed E-state index contributed by atoms with van der Waals surface area (Å²) in [5.41, 5.74) is 1.39. The number of nitrogens with zero attached hydrogens (tertiary/aromatic N) is 4. The van der Waals surface area contributed by atoms with Gasteiger partial charge in [-0.15, -0.1) is 24.0 Å². The molecule has 32 heavy (non-hydrogen) atoms. The Labute approximate surface area is 211 Å². The molecular formula is C23H40IN5O2S. The third-order valence-corrected chi connectivity index (χ3v) is 8.69. The zero-order valence-corrected chi connectivity index (χ0v) is 22.9. The SMILES string of the molecule is CCN(CC)S(=O)(=O)CCNC(=NC)N1CCC2C(CCCN2Cc2ccccc2)C1.I. The third-order valence-electron chi connectivity index (χ3n) is 6.66. The molecule has 2 saturated heterocycles. The summed E-state index contributed by atoms with van der Waals surface area (Å²) in [6.45, 7) is 9.31. The molecule has 2 aliphatic heterocycles. The first-order chi connectivity index (χ1) is 15.0. The maximum Gasteiger partial charge on any atom is 0.215 e. The van der Waals surface area contributed by atoms with Gasteiger partial charge in [-0.05, 0) is 37.3 Å². The van der Waals surface area contributed by atoms with Gasteiger partial charge in [0.1, 0.15) is 0 Å². The minimum Gasteiger partial charge on any atom is -0.355 e. The number of rotatable bonds is 8. The lowest BCUT2D eigenvalue weighted by Crippen LogP contribution is -2.57. The van der Waals surface area contributed by atoms with Crippen LogP contribution in [0.3, 0.4) is 0 Å². The first-order valence-electron chi connectivity index (χ1n) is 11.7. The number of piperidine rings is 2. The number of benzene rings is 1. The molecule has 0 spiro atoms. The topological polar surface area (TPSA) is 68.2 Å². The van der Waals surface area contributed by atoms with Gasteiger partial charge in [0.2, 0.25) is 10.0 Å². The highest BCUT2D eigenvalue weighted by atomic mass is 127. The van der Waals surface area contributed by atoms with E-state index < -0.39 is 10.0 Å². The number of hydrogen-bond acceptors (Lipinski definition) is 4. The van der Waals surface area contributed by atoms with Gasteiger partial charge in [0.15, 0.2) is 5.96 Å². The van der Waals surface area contributed by atoms with Crippen LogP contribution in [0, 0.1) is 5.92 Å². The molecule has 2 atom stereocenters. The van der Waals surface area contributed by atoms with Crippen LogP contribution in [0.2, 0.25) is 0 Å². The van der Waals surface area contributed by atoms with E-state index >= 15 is 0 Å². The number of guanidine groups is 1. The van der Waals surface area contributed by atoms with Crippen LogP contribution in [0.5, 0.6) is 0 Å². The number of halogens is 1. The number of sulfonamides is 1. The van der Waals surface area contributed by atoms with Crippen molar-refractivity contribution >= 4 is 40.0 Å². The fraction of sp³-hybridized carbons (Fsp3) is 0.696. The first-order valence-corrected chi connectivity index (χ1v) is 13.3. The molecule has 182 valence electrons. The fourth-order valence-electron chi connectivity index (χ4n) is 5.08. The van der Waals surface area contributed by atoms with Crippen LogP contribution >= 0.6 is 24.0 Å². The van der Waals surface area contributed by atoms with Crippen LogP contribution < -0.4 is 5.32 Å². The number of fused-ring (bicyclic) bond motifs is 1. The van der Waals surface area contributed by atoms with Crippen LogP contribution in [0.25, 0.3) is 0 Å². The standard InChI is InChI=1S/C23H39N5O2S.HI/c1-4-28(5-2)31(29,30)17-14-25-23(24-3)27-16-13-22-21(19-27)12-9-15-26(22)18-20-10-7-6-8-11-20;/h6-8,10-11,21-22H,4-5,9,12-19H2,1-3H3,(H,24,25);1H. The molecule has 0 bridgehead atoms. The van der Waals surface area contributed by atoms with Crippen molar-refractivity contribution < 1.29 is 8.42 Å². The molecular weight excluding hydrogens is 537 g/mol. The van der Waals surface area contributed by atoms with Crippen molar-refractivity contribution in [2.75, 3.05) is 52.1 Å². The Morgan fingerprint density at radius 2 is 1.88 bits per heavy atom. The summed E-state index contributed by atoms with van der Waals surface area (Å²) in [6.07, 6.45) is 3.60. The number of likely N-dealkylation sites (tertiary alicyclic amines) is 2. The van der Waals surface area contributed by atoms with Gasteiger partial charge >= 0.3 is 0 Å². The second kappa shape index (κ2) is 13.1. The monoisotopic (exact) mass is 577 g/mol. The van der Waals surface area contributed by atoms with E-state index in [4.69, 9.17) is 0 Å². The van der Waals surface area contributed by atoms with Crippen LogP contribution in [0.15, 0.2) is 35.3 Å². The molecule has 1 aromatic carbocycles.